The predicted octanol–water partition coefficient (Wildman–Crippen LogP) is 3.19. The van der Waals surface area contributed by atoms with Crippen molar-refractivity contribution in [2.24, 2.45) is 0 Å². The third kappa shape index (κ3) is 2.24. The van der Waals surface area contributed by atoms with Gasteiger partial charge < -0.3 is 4.40 Å². The average Bonchev–Trinajstić information content (AvgIpc) is 3.05. The molecule has 1 aliphatic carbocycles. The Hall–Kier alpha value is -1.79. The van der Waals surface area contributed by atoms with Crippen LogP contribution in [0.25, 0.3) is 5.52 Å². The Bertz CT molecular complexity index is 614. The molecule has 2 aromatic heterocycles. The molecule has 2 aromatic rings. The van der Waals surface area contributed by atoms with Crippen LogP contribution in [0.5, 0.6) is 0 Å². The minimum Gasteiger partial charge on any atom is -0.322 e. The fraction of sp³-hybridized carbons (Fsp3) is 0.438. The van der Waals surface area contributed by atoms with E-state index in [0.717, 1.165) is 23.2 Å². The monoisotopic (exact) mass is 253 g/mol. The van der Waals surface area contributed by atoms with Crippen LogP contribution in [0.3, 0.4) is 0 Å². The molecule has 0 unspecified atom stereocenters. The molecule has 2 heterocycles. The molecule has 19 heavy (non-hydrogen) atoms. The average molecular weight is 253 g/mol. The van der Waals surface area contributed by atoms with E-state index in [1.807, 2.05) is 24.4 Å². The lowest BCUT2D eigenvalue weighted by Crippen LogP contribution is -2.28. The van der Waals surface area contributed by atoms with Crippen molar-refractivity contribution in [1.82, 2.24) is 9.30 Å². The molecule has 1 aliphatic rings. The van der Waals surface area contributed by atoms with E-state index in [1.165, 1.54) is 25.7 Å². The third-order valence-electron chi connectivity index (χ3n) is 4.24. The van der Waals surface area contributed by atoms with Gasteiger partial charge in [0.2, 0.25) is 0 Å². The van der Waals surface area contributed by atoms with E-state index in [-0.39, 0.29) is 0 Å². The Morgan fingerprint density at radius 3 is 2.89 bits per heavy atom. The first-order valence-electron chi connectivity index (χ1n) is 6.98. The molecule has 0 aromatic carbocycles. The number of nitrogens with zero attached hydrogens (tertiary/aromatic N) is 3. The number of rotatable bonds is 3. The highest BCUT2D eigenvalue weighted by Gasteiger charge is 2.21. The van der Waals surface area contributed by atoms with Gasteiger partial charge in [0.05, 0.1) is 11.1 Å². The van der Waals surface area contributed by atoms with Gasteiger partial charge in [0.25, 0.3) is 0 Å². The summed E-state index contributed by atoms with van der Waals surface area (Å²) in [5.41, 5.74) is 2.98. The van der Waals surface area contributed by atoms with Crippen LogP contribution in [-0.2, 0) is 6.54 Å². The number of aromatic nitrogens is 1. The van der Waals surface area contributed by atoms with Crippen LogP contribution < -0.4 is 0 Å². The van der Waals surface area contributed by atoms with Crippen molar-refractivity contribution in [3.05, 3.63) is 41.7 Å². The topological polar surface area (TPSA) is 31.4 Å². The summed E-state index contributed by atoms with van der Waals surface area (Å²) in [4.78, 5) is 2.41. The lowest BCUT2D eigenvalue weighted by atomic mass is 10.1. The second-order valence-corrected chi connectivity index (χ2v) is 5.49. The Morgan fingerprint density at radius 1 is 1.37 bits per heavy atom. The van der Waals surface area contributed by atoms with Gasteiger partial charge in [-0.05, 0) is 32.0 Å². The molecule has 0 spiro atoms. The van der Waals surface area contributed by atoms with Crippen molar-refractivity contribution in [3.63, 3.8) is 0 Å². The van der Waals surface area contributed by atoms with Gasteiger partial charge in [-0.15, -0.1) is 0 Å². The molecule has 0 bridgehead atoms. The van der Waals surface area contributed by atoms with Gasteiger partial charge in [-0.25, -0.2) is 0 Å². The highest BCUT2D eigenvalue weighted by Crippen LogP contribution is 2.25. The van der Waals surface area contributed by atoms with Crippen molar-refractivity contribution >= 4 is 5.52 Å². The van der Waals surface area contributed by atoms with Crippen molar-refractivity contribution in [2.45, 2.75) is 38.3 Å². The predicted molar refractivity (Wildman–Crippen MR) is 75.8 cm³/mol. The maximum absolute atomic E-state index is 9.40. The molecule has 0 amide bonds. The summed E-state index contributed by atoms with van der Waals surface area (Å²) < 4.78 is 2.05. The van der Waals surface area contributed by atoms with E-state index in [9.17, 15) is 5.26 Å². The molecule has 0 N–H and O–H groups in total. The van der Waals surface area contributed by atoms with Gasteiger partial charge in [-0.2, -0.15) is 5.26 Å². The lowest BCUT2D eigenvalue weighted by Gasteiger charge is -2.23. The molecule has 1 saturated carbocycles. The first-order valence-corrected chi connectivity index (χ1v) is 6.98. The Morgan fingerprint density at radius 2 is 2.16 bits per heavy atom. The van der Waals surface area contributed by atoms with Crippen molar-refractivity contribution in [2.75, 3.05) is 7.05 Å². The van der Waals surface area contributed by atoms with Gasteiger partial charge in [-0.3, -0.25) is 4.90 Å². The molecule has 0 radical (unpaired) electrons. The van der Waals surface area contributed by atoms with Crippen LogP contribution in [0, 0.1) is 11.3 Å². The lowest BCUT2D eigenvalue weighted by molar-refractivity contribution is 0.237. The number of nitriles is 1. The van der Waals surface area contributed by atoms with E-state index < -0.39 is 0 Å². The van der Waals surface area contributed by atoms with Crippen molar-refractivity contribution < 1.29 is 0 Å². The van der Waals surface area contributed by atoms with Crippen LogP contribution in [0.4, 0.5) is 0 Å². The van der Waals surface area contributed by atoms with Gasteiger partial charge in [-0.1, -0.05) is 18.9 Å². The van der Waals surface area contributed by atoms with Crippen LogP contribution in [0.1, 0.15) is 36.8 Å². The zero-order valence-corrected chi connectivity index (χ0v) is 11.3. The maximum Gasteiger partial charge on any atom is 0.102 e. The van der Waals surface area contributed by atoms with E-state index >= 15 is 0 Å². The van der Waals surface area contributed by atoms with Crippen molar-refractivity contribution in [3.8, 4) is 6.07 Å². The summed E-state index contributed by atoms with van der Waals surface area (Å²) in [6.07, 6.45) is 9.39. The fourth-order valence-corrected chi connectivity index (χ4v) is 3.17. The Kier molecular flexibility index (Phi) is 3.27. The standard InChI is InChI=1S/C16H19N3/c1-18(14-6-2-3-7-14)11-13-12-19-9-5-4-8-16(19)15(13)10-17/h4-5,8-9,12,14H,2-3,6-7,11H2,1H3. The summed E-state index contributed by atoms with van der Waals surface area (Å²) in [5, 5.41) is 9.40. The minimum atomic E-state index is 0.689. The molecule has 0 aliphatic heterocycles. The van der Waals surface area contributed by atoms with Gasteiger partial charge >= 0.3 is 0 Å². The van der Waals surface area contributed by atoms with Crippen LogP contribution in [-0.4, -0.2) is 22.4 Å². The Balaban J connectivity index is 1.90. The summed E-state index contributed by atoms with van der Waals surface area (Å²) in [6, 6.07) is 9.05. The zero-order chi connectivity index (χ0) is 13.2. The van der Waals surface area contributed by atoms with Gasteiger partial charge in [0.1, 0.15) is 6.07 Å². The molecule has 1 fully saturated rings. The molecule has 0 atom stereocenters. The second kappa shape index (κ2) is 5.07. The van der Waals surface area contributed by atoms with Crippen LogP contribution in [0.15, 0.2) is 30.6 Å². The first kappa shape index (κ1) is 12.3. The van der Waals surface area contributed by atoms with Gasteiger partial charge in [0.15, 0.2) is 0 Å². The number of pyridine rings is 1. The van der Waals surface area contributed by atoms with E-state index in [1.54, 1.807) is 0 Å². The normalized spacial score (nSPS) is 16.3. The second-order valence-electron chi connectivity index (χ2n) is 5.49. The number of hydrogen-bond acceptors (Lipinski definition) is 2. The largest absolute Gasteiger partial charge is 0.322 e. The van der Waals surface area contributed by atoms with Gasteiger partial charge in [0, 0.05) is 30.5 Å². The quantitative estimate of drug-likeness (QED) is 0.841. The molecule has 98 valence electrons. The SMILES string of the molecule is CN(Cc1cn2ccccc2c1C#N)C1CCCC1. The molecule has 3 heteroatoms. The summed E-state index contributed by atoms with van der Waals surface area (Å²) in [6.45, 7) is 0.870. The summed E-state index contributed by atoms with van der Waals surface area (Å²) >= 11 is 0. The van der Waals surface area contributed by atoms with E-state index in [2.05, 4.69) is 28.6 Å². The molecular formula is C16H19N3. The highest BCUT2D eigenvalue weighted by molar-refractivity contribution is 5.65. The molecule has 0 saturated heterocycles. The Labute approximate surface area is 114 Å². The number of fused-ring (bicyclic) bond motifs is 1. The fourth-order valence-electron chi connectivity index (χ4n) is 3.17. The molecule has 3 nitrogen and oxygen atoms in total. The number of hydrogen-bond donors (Lipinski definition) is 0. The van der Waals surface area contributed by atoms with Crippen molar-refractivity contribution in [1.29, 1.82) is 5.26 Å². The zero-order valence-electron chi connectivity index (χ0n) is 11.3. The van der Waals surface area contributed by atoms with E-state index in [0.29, 0.717) is 6.04 Å². The molecular weight excluding hydrogens is 234 g/mol. The smallest absolute Gasteiger partial charge is 0.102 e. The summed E-state index contributed by atoms with van der Waals surface area (Å²) in [7, 11) is 2.18. The third-order valence-corrected chi connectivity index (χ3v) is 4.24. The maximum atomic E-state index is 9.40. The molecule has 3 rings (SSSR count). The first-order chi connectivity index (χ1) is 9.29. The van der Waals surface area contributed by atoms with Crippen LogP contribution >= 0.6 is 0 Å². The van der Waals surface area contributed by atoms with Crippen LogP contribution in [0.2, 0.25) is 0 Å². The summed E-state index contributed by atoms with van der Waals surface area (Å²) in [5.74, 6) is 0. The van der Waals surface area contributed by atoms with E-state index in [4.69, 9.17) is 0 Å². The minimum absolute atomic E-state index is 0.689. The highest BCUT2D eigenvalue weighted by atomic mass is 15.1.